The Morgan fingerprint density at radius 1 is 1.21 bits per heavy atom. The number of aryl methyl sites for hydroxylation is 1. The summed E-state index contributed by atoms with van der Waals surface area (Å²) in [5.41, 5.74) is 2.31. The number of ether oxygens (including phenoxy) is 1. The maximum absolute atomic E-state index is 12.0. The third kappa shape index (κ3) is 7.57. The zero-order chi connectivity index (χ0) is 21.2. The van der Waals surface area contributed by atoms with Gasteiger partial charge in [0.25, 0.3) is 0 Å². The molecule has 1 aromatic rings. The zero-order valence-corrected chi connectivity index (χ0v) is 18.6. The van der Waals surface area contributed by atoms with Gasteiger partial charge in [0.05, 0.1) is 19.7 Å². The molecule has 1 aliphatic heterocycles. The summed E-state index contributed by atoms with van der Waals surface area (Å²) in [4.78, 5) is 21.3. The molecular weight excluding hydrogens is 366 g/mol. The molecule has 0 aromatic heterocycles. The van der Waals surface area contributed by atoms with E-state index in [-0.39, 0.29) is 11.9 Å². The minimum atomic E-state index is 0.0971. The highest BCUT2D eigenvalue weighted by molar-refractivity contribution is 5.80. The second kappa shape index (κ2) is 11.7. The molecule has 0 spiro atoms. The van der Waals surface area contributed by atoms with Gasteiger partial charge in [-0.05, 0) is 51.8 Å². The molecule has 7 nitrogen and oxygen atoms in total. The Kier molecular flexibility index (Phi) is 9.25. The predicted molar refractivity (Wildman–Crippen MR) is 118 cm³/mol. The van der Waals surface area contributed by atoms with Crippen LogP contribution in [0.2, 0.25) is 0 Å². The molecule has 0 radical (unpaired) electrons. The number of aliphatic imine (C=N–C) groups is 1. The van der Waals surface area contributed by atoms with Gasteiger partial charge in [-0.2, -0.15) is 0 Å². The fraction of sp³-hybridized carbons (Fsp3) is 0.636. The van der Waals surface area contributed by atoms with E-state index in [2.05, 4.69) is 46.4 Å². The summed E-state index contributed by atoms with van der Waals surface area (Å²) >= 11 is 0. The standard InChI is InChI=1S/C22H37N5O2/c1-6-23-22(24-15-19-8-9-20(29-7-2)18(5)14-19)27-12-10-26(11-13-27)16-21(28)25-17(3)4/h8-9,14,17H,6-7,10-13,15-16H2,1-5H3,(H,23,24)(H,25,28). The summed E-state index contributed by atoms with van der Waals surface area (Å²) in [6.45, 7) is 16.2. The molecule has 2 N–H and O–H groups in total. The van der Waals surface area contributed by atoms with Crippen molar-refractivity contribution in [3.63, 3.8) is 0 Å². The minimum Gasteiger partial charge on any atom is -0.494 e. The summed E-state index contributed by atoms with van der Waals surface area (Å²) in [6.07, 6.45) is 0. The highest BCUT2D eigenvalue weighted by atomic mass is 16.5. The number of carbonyl (C=O) groups is 1. The number of hydrogen-bond acceptors (Lipinski definition) is 4. The van der Waals surface area contributed by atoms with Gasteiger partial charge in [0.1, 0.15) is 5.75 Å². The molecule has 1 heterocycles. The van der Waals surface area contributed by atoms with Gasteiger partial charge < -0.3 is 20.3 Å². The number of rotatable bonds is 8. The normalized spacial score (nSPS) is 15.5. The van der Waals surface area contributed by atoms with E-state index in [1.807, 2.05) is 26.8 Å². The summed E-state index contributed by atoms with van der Waals surface area (Å²) < 4.78 is 5.62. The van der Waals surface area contributed by atoms with Crippen LogP contribution in [0.25, 0.3) is 0 Å². The first-order valence-corrected chi connectivity index (χ1v) is 10.7. The van der Waals surface area contributed by atoms with Crippen LogP contribution in [0.1, 0.15) is 38.8 Å². The molecule has 0 aliphatic carbocycles. The summed E-state index contributed by atoms with van der Waals surface area (Å²) in [7, 11) is 0. The quantitative estimate of drug-likeness (QED) is 0.513. The van der Waals surface area contributed by atoms with Crippen LogP contribution in [-0.4, -0.2) is 73.6 Å². The van der Waals surface area contributed by atoms with Gasteiger partial charge in [0.15, 0.2) is 5.96 Å². The Morgan fingerprint density at radius 2 is 1.93 bits per heavy atom. The number of guanidine groups is 1. The lowest BCUT2D eigenvalue weighted by atomic mass is 10.1. The van der Waals surface area contributed by atoms with E-state index >= 15 is 0 Å². The van der Waals surface area contributed by atoms with Crippen LogP contribution in [-0.2, 0) is 11.3 Å². The number of nitrogens with one attached hydrogen (secondary N) is 2. The van der Waals surface area contributed by atoms with Gasteiger partial charge in [-0.3, -0.25) is 9.69 Å². The Morgan fingerprint density at radius 3 is 2.52 bits per heavy atom. The van der Waals surface area contributed by atoms with Gasteiger partial charge >= 0.3 is 0 Å². The third-order valence-corrected chi connectivity index (χ3v) is 4.77. The Balaban J connectivity index is 1.92. The number of nitrogens with zero attached hydrogens (tertiary/aromatic N) is 3. The first kappa shape index (κ1) is 23.0. The van der Waals surface area contributed by atoms with Crippen molar-refractivity contribution < 1.29 is 9.53 Å². The van der Waals surface area contributed by atoms with Gasteiger partial charge in [0.2, 0.25) is 5.91 Å². The maximum atomic E-state index is 12.0. The zero-order valence-electron chi connectivity index (χ0n) is 18.6. The molecule has 1 amide bonds. The molecule has 162 valence electrons. The van der Waals surface area contributed by atoms with E-state index in [4.69, 9.17) is 9.73 Å². The van der Waals surface area contributed by atoms with Crippen molar-refractivity contribution in [1.82, 2.24) is 20.4 Å². The smallest absolute Gasteiger partial charge is 0.234 e. The number of amides is 1. The highest BCUT2D eigenvalue weighted by Crippen LogP contribution is 2.19. The van der Waals surface area contributed by atoms with Gasteiger partial charge in [-0.1, -0.05) is 12.1 Å². The fourth-order valence-corrected chi connectivity index (χ4v) is 3.41. The topological polar surface area (TPSA) is 69.2 Å². The Labute approximate surface area is 175 Å². The maximum Gasteiger partial charge on any atom is 0.234 e. The van der Waals surface area contributed by atoms with Crippen LogP contribution in [0.5, 0.6) is 5.75 Å². The molecule has 2 rings (SSSR count). The van der Waals surface area contributed by atoms with Crippen molar-refractivity contribution in [2.24, 2.45) is 4.99 Å². The first-order chi connectivity index (χ1) is 13.9. The number of piperazine rings is 1. The van der Waals surface area contributed by atoms with Crippen LogP contribution in [0.15, 0.2) is 23.2 Å². The van der Waals surface area contributed by atoms with Crippen molar-refractivity contribution in [1.29, 1.82) is 0 Å². The second-order valence-corrected chi connectivity index (χ2v) is 7.69. The molecule has 1 fully saturated rings. The largest absolute Gasteiger partial charge is 0.494 e. The van der Waals surface area contributed by atoms with Crippen molar-refractivity contribution in [3.8, 4) is 5.75 Å². The van der Waals surface area contributed by atoms with E-state index in [1.54, 1.807) is 0 Å². The molecule has 1 aliphatic rings. The van der Waals surface area contributed by atoms with E-state index in [0.717, 1.165) is 50.0 Å². The highest BCUT2D eigenvalue weighted by Gasteiger charge is 2.21. The summed E-state index contributed by atoms with van der Waals surface area (Å²) in [5.74, 6) is 1.97. The molecule has 7 heteroatoms. The molecule has 1 saturated heterocycles. The number of carbonyl (C=O) groups excluding carboxylic acids is 1. The van der Waals surface area contributed by atoms with E-state index < -0.39 is 0 Å². The molecular formula is C22H37N5O2. The van der Waals surface area contributed by atoms with E-state index in [9.17, 15) is 4.79 Å². The lowest BCUT2D eigenvalue weighted by molar-refractivity contribution is -0.123. The summed E-state index contributed by atoms with van der Waals surface area (Å²) in [6, 6.07) is 6.43. The average molecular weight is 404 g/mol. The van der Waals surface area contributed by atoms with Gasteiger partial charge in [-0.25, -0.2) is 4.99 Å². The number of hydrogen-bond donors (Lipinski definition) is 2. The molecule has 1 aromatic carbocycles. The summed E-state index contributed by atoms with van der Waals surface area (Å²) in [5, 5.41) is 6.36. The molecule has 0 saturated carbocycles. The first-order valence-electron chi connectivity index (χ1n) is 10.7. The monoisotopic (exact) mass is 403 g/mol. The second-order valence-electron chi connectivity index (χ2n) is 7.69. The van der Waals surface area contributed by atoms with Crippen LogP contribution >= 0.6 is 0 Å². The Bertz CT molecular complexity index is 682. The van der Waals surface area contributed by atoms with Crippen molar-refractivity contribution in [3.05, 3.63) is 29.3 Å². The molecule has 0 atom stereocenters. The molecule has 29 heavy (non-hydrogen) atoms. The van der Waals surface area contributed by atoms with Crippen LogP contribution in [0, 0.1) is 6.92 Å². The van der Waals surface area contributed by atoms with Gasteiger partial charge in [0, 0.05) is 38.8 Å². The lowest BCUT2D eigenvalue weighted by Crippen LogP contribution is -2.54. The van der Waals surface area contributed by atoms with Crippen LogP contribution in [0.3, 0.4) is 0 Å². The number of benzene rings is 1. The average Bonchev–Trinajstić information content (AvgIpc) is 2.67. The Hall–Kier alpha value is -2.28. The SMILES string of the molecule is CCNC(=NCc1ccc(OCC)c(C)c1)N1CCN(CC(=O)NC(C)C)CC1. The van der Waals surface area contributed by atoms with Crippen molar-refractivity contribution >= 4 is 11.9 Å². The van der Waals surface area contributed by atoms with Crippen LogP contribution < -0.4 is 15.4 Å². The third-order valence-electron chi connectivity index (χ3n) is 4.77. The van der Waals surface area contributed by atoms with Crippen LogP contribution in [0.4, 0.5) is 0 Å². The van der Waals surface area contributed by atoms with Gasteiger partial charge in [-0.15, -0.1) is 0 Å². The van der Waals surface area contributed by atoms with E-state index in [1.165, 1.54) is 5.56 Å². The minimum absolute atomic E-state index is 0.0971. The molecule has 0 bridgehead atoms. The fourth-order valence-electron chi connectivity index (χ4n) is 3.41. The predicted octanol–water partition coefficient (Wildman–Crippen LogP) is 2.00. The molecule has 0 unspecified atom stereocenters. The lowest BCUT2D eigenvalue weighted by Gasteiger charge is -2.36. The van der Waals surface area contributed by atoms with Crippen molar-refractivity contribution in [2.75, 3.05) is 45.9 Å². The van der Waals surface area contributed by atoms with Crippen molar-refractivity contribution in [2.45, 2.75) is 47.2 Å². The van der Waals surface area contributed by atoms with E-state index in [0.29, 0.717) is 19.7 Å².